The fourth-order valence-electron chi connectivity index (χ4n) is 3.54. The maximum Gasteiger partial charge on any atom is 0.419 e. The van der Waals surface area contributed by atoms with Gasteiger partial charge in [0.25, 0.3) is 0 Å². The number of hydrogen-bond donors (Lipinski definition) is 1. The fraction of sp³-hybridized carbons (Fsp3) is 0.320. The third-order valence-electron chi connectivity index (χ3n) is 5.15. The van der Waals surface area contributed by atoms with E-state index >= 15 is 0 Å². The molecule has 1 aliphatic rings. The largest absolute Gasteiger partial charge is 0.489 e. The van der Waals surface area contributed by atoms with E-state index in [0.29, 0.717) is 17.2 Å². The van der Waals surface area contributed by atoms with Crippen molar-refractivity contribution in [3.8, 4) is 5.75 Å². The highest BCUT2D eigenvalue weighted by Crippen LogP contribution is 2.38. The first-order valence-electron chi connectivity index (χ1n) is 10.6. The van der Waals surface area contributed by atoms with Gasteiger partial charge in [0, 0.05) is 10.0 Å². The van der Waals surface area contributed by atoms with Crippen LogP contribution in [0.1, 0.15) is 36.5 Å². The summed E-state index contributed by atoms with van der Waals surface area (Å²) in [7, 11) is 1.52. The van der Waals surface area contributed by atoms with E-state index in [0.717, 1.165) is 35.5 Å². The molecule has 8 heteroatoms. The van der Waals surface area contributed by atoms with Crippen molar-refractivity contribution in [1.82, 2.24) is 5.32 Å². The van der Waals surface area contributed by atoms with E-state index < -0.39 is 11.7 Å². The van der Waals surface area contributed by atoms with Crippen LogP contribution in [-0.4, -0.2) is 32.2 Å². The van der Waals surface area contributed by atoms with Gasteiger partial charge in [0.2, 0.25) is 5.90 Å². The van der Waals surface area contributed by atoms with E-state index in [9.17, 15) is 13.2 Å². The van der Waals surface area contributed by atoms with E-state index in [4.69, 9.17) is 9.47 Å². The summed E-state index contributed by atoms with van der Waals surface area (Å²) in [6, 6.07) is 11.5. The van der Waals surface area contributed by atoms with Crippen molar-refractivity contribution >= 4 is 33.6 Å². The SMILES string of the molecule is C/C=C(\N=C(/OC)C1CCCN1)c1ccc(OC/C=C/c2cccc(Br)c2)c(C(F)(F)F)c1. The summed E-state index contributed by atoms with van der Waals surface area (Å²) in [6.45, 7) is 2.60. The number of rotatable bonds is 7. The first kappa shape index (κ1) is 25.1. The predicted molar refractivity (Wildman–Crippen MR) is 129 cm³/mol. The van der Waals surface area contributed by atoms with Gasteiger partial charge in [-0.15, -0.1) is 0 Å². The molecule has 0 aliphatic carbocycles. The van der Waals surface area contributed by atoms with Crippen molar-refractivity contribution in [2.24, 2.45) is 4.99 Å². The highest BCUT2D eigenvalue weighted by molar-refractivity contribution is 9.10. The lowest BCUT2D eigenvalue weighted by Gasteiger charge is -2.16. The molecule has 0 aromatic heterocycles. The molecule has 1 saturated heterocycles. The topological polar surface area (TPSA) is 42.8 Å². The Hall–Kier alpha value is -2.58. The Balaban J connectivity index is 1.81. The van der Waals surface area contributed by atoms with Crippen molar-refractivity contribution in [3.05, 3.63) is 75.8 Å². The van der Waals surface area contributed by atoms with Crippen LogP contribution in [0.15, 0.2) is 64.1 Å². The zero-order chi connectivity index (χ0) is 23.8. The molecule has 1 N–H and O–H groups in total. The summed E-state index contributed by atoms with van der Waals surface area (Å²) in [5.74, 6) is 0.237. The van der Waals surface area contributed by atoms with Gasteiger partial charge in [-0.25, -0.2) is 4.99 Å². The van der Waals surface area contributed by atoms with Crippen molar-refractivity contribution in [3.63, 3.8) is 0 Å². The molecule has 1 aliphatic heterocycles. The van der Waals surface area contributed by atoms with Gasteiger partial charge < -0.3 is 14.8 Å². The van der Waals surface area contributed by atoms with Crippen molar-refractivity contribution in [2.45, 2.75) is 32.0 Å². The summed E-state index contributed by atoms with van der Waals surface area (Å²) in [5, 5.41) is 3.28. The Bertz CT molecular complexity index is 1040. The quantitative estimate of drug-likeness (QED) is 0.324. The molecule has 0 amide bonds. The van der Waals surface area contributed by atoms with Crippen LogP contribution in [0, 0.1) is 0 Å². The molecule has 1 atom stereocenters. The van der Waals surface area contributed by atoms with E-state index in [-0.39, 0.29) is 18.4 Å². The molecule has 4 nitrogen and oxygen atoms in total. The number of hydrogen-bond acceptors (Lipinski definition) is 4. The lowest BCUT2D eigenvalue weighted by atomic mass is 10.1. The minimum Gasteiger partial charge on any atom is -0.489 e. The van der Waals surface area contributed by atoms with Gasteiger partial charge in [-0.2, -0.15) is 13.2 Å². The number of methoxy groups -OCH3 is 1. The molecule has 0 spiro atoms. The van der Waals surface area contributed by atoms with Crippen LogP contribution in [0.3, 0.4) is 0 Å². The monoisotopic (exact) mass is 522 g/mol. The lowest BCUT2D eigenvalue weighted by Crippen LogP contribution is -2.32. The molecule has 0 radical (unpaired) electrons. The van der Waals surface area contributed by atoms with E-state index in [1.165, 1.54) is 13.2 Å². The number of allylic oxidation sites excluding steroid dienone is 1. The molecule has 2 aromatic rings. The van der Waals surface area contributed by atoms with Crippen LogP contribution in [0.2, 0.25) is 0 Å². The average Bonchev–Trinajstić information content (AvgIpc) is 3.32. The smallest absolute Gasteiger partial charge is 0.419 e. The summed E-state index contributed by atoms with van der Waals surface area (Å²) in [6.07, 6.45) is 2.44. The molecule has 1 fully saturated rings. The van der Waals surface area contributed by atoms with Crippen molar-refractivity contribution in [1.29, 1.82) is 0 Å². The van der Waals surface area contributed by atoms with Gasteiger partial charge in [0.1, 0.15) is 12.4 Å². The maximum atomic E-state index is 13.8. The van der Waals surface area contributed by atoms with E-state index in [1.54, 1.807) is 31.2 Å². The zero-order valence-corrected chi connectivity index (χ0v) is 20.0. The van der Waals surface area contributed by atoms with Gasteiger partial charge in [-0.05, 0) is 68.3 Å². The first-order valence-corrected chi connectivity index (χ1v) is 11.4. The second-order valence-corrected chi connectivity index (χ2v) is 8.37. The number of nitrogens with zero attached hydrogens (tertiary/aromatic N) is 1. The van der Waals surface area contributed by atoms with Crippen LogP contribution in [0.4, 0.5) is 13.2 Å². The van der Waals surface area contributed by atoms with Crippen molar-refractivity contribution in [2.75, 3.05) is 20.3 Å². The van der Waals surface area contributed by atoms with Gasteiger partial charge in [-0.1, -0.05) is 40.2 Å². The average molecular weight is 523 g/mol. The second-order valence-electron chi connectivity index (χ2n) is 7.45. The summed E-state index contributed by atoms with van der Waals surface area (Å²) < 4.78 is 53.2. The van der Waals surface area contributed by atoms with Gasteiger partial charge >= 0.3 is 6.18 Å². The number of alkyl halides is 3. The van der Waals surface area contributed by atoms with Gasteiger partial charge in [0.15, 0.2) is 0 Å². The number of aliphatic imine (C=N–C) groups is 1. The summed E-state index contributed by atoms with van der Waals surface area (Å²) in [4.78, 5) is 4.50. The normalized spacial score (nSPS) is 17.6. The molecule has 2 aromatic carbocycles. The minimum absolute atomic E-state index is 0.00470. The van der Waals surface area contributed by atoms with Crippen LogP contribution < -0.4 is 10.1 Å². The lowest BCUT2D eigenvalue weighted by molar-refractivity contribution is -0.138. The first-order chi connectivity index (χ1) is 15.8. The minimum atomic E-state index is -4.57. The summed E-state index contributed by atoms with van der Waals surface area (Å²) >= 11 is 3.39. The third kappa shape index (κ3) is 6.95. The Labute approximate surface area is 200 Å². The molecule has 0 bridgehead atoms. The Morgan fingerprint density at radius 2 is 2.06 bits per heavy atom. The van der Waals surface area contributed by atoms with E-state index in [1.807, 2.05) is 24.3 Å². The second kappa shape index (κ2) is 11.5. The highest BCUT2D eigenvalue weighted by atomic mass is 79.9. The van der Waals surface area contributed by atoms with Crippen LogP contribution >= 0.6 is 15.9 Å². The Morgan fingerprint density at radius 1 is 1.24 bits per heavy atom. The molecule has 176 valence electrons. The Kier molecular flexibility index (Phi) is 8.74. The van der Waals surface area contributed by atoms with Crippen LogP contribution in [0.5, 0.6) is 5.75 Å². The number of benzene rings is 2. The Morgan fingerprint density at radius 3 is 2.70 bits per heavy atom. The standard InChI is InChI=1S/C25H26BrF3N2O2/c1-3-21(31-24(32-2)22-10-5-13-30-22)18-11-12-23(20(16-18)25(27,28)29)33-14-6-8-17-7-4-9-19(26)15-17/h3-4,6-9,11-12,15-16,22,30H,5,10,13-14H2,1-2H3/b8-6+,21-3-,31-24-. The van der Waals surface area contributed by atoms with Crippen LogP contribution in [-0.2, 0) is 10.9 Å². The number of ether oxygens (including phenoxy) is 2. The molecule has 0 saturated carbocycles. The van der Waals surface area contributed by atoms with Crippen molar-refractivity contribution < 1.29 is 22.6 Å². The maximum absolute atomic E-state index is 13.8. The molecule has 3 rings (SSSR count). The highest BCUT2D eigenvalue weighted by Gasteiger charge is 2.35. The van der Waals surface area contributed by atoms with Gasteiger partial charge in [0.05, 0.1) is 24.4 Å². The van der Waals surface area contributed by atoms with E-state index in [2.05, 4.69) is 26.2 Å². The summed E-state index contributed by atoms with van der Waals surface area (Å²) in [5.41, 5.74) is 0.825. The molecular formula is C25H26BrF3N2O2. The van der Waals surface area contributed by atoms with Crippen LogP contribution in [0.25, 0.3) is 11.8 Å². The zero-order valence-electron chi connectivity index (χ0n) is 18.5. The van der Waals surface area contributed by atoms with Gasteiger partial charge in [-0.3, -0.25) is 0 Å². The molecular weight excluding hydrogens is 497 g/mol. The molecule has 33 heavy (non-hydrogen) atoms. The predicted octanol–water partition coefficient (Wildman–Crippen LogP) is 6.72. The molecule has 1 unspecified atom stereocenters. The fourth-order valence-corrected chi connectivity index (χ4v) is 3.96. The number of nitrogens with one attached hydrogen (secondary N) is 1. The third-order valence-corrected chi connectivity index (χ3v) is 5.64. The number of halogens is 4. The molecule has 1 heterocycles.